The zero-order valence-electron chi connectivity index (χ0n) is 16.7. The molecule has 2 N–H and O–H groups in total. The number of nitrogens with one attached hydrogen (secondary N) is 2. The lowest BCUT2D eigenvalue weighted by Gasteiger charge is -2.20. The highest BCUT2D eigenvalue weighted by molar-refractivity contribution is 7.89. The minimum atomic E-state index is -3.70. The number of benzene rings is 2. The van der Waals surface area contributed by atoms with E-state index in [4.69, 9.17) is 11.6 Å². The van der Waals surface area contributed by atoms with Crippen molar-refractivity contribution in [1.29, 1.82) is 0 Å². The molecule has 1 aliphatic rings. The Labute approximate surface area is 181 Å². The fraction of sp³-hybridized carbons (Fsp3) is 0.333. The van der Waals surface area contributed by atoms with Crippen LogP contribution in [0.1, 0.15) is 43.0 Å². The minimum Gasteiger partial charge on any atom is -0.326 e. The van der Waals surface area contributed by atoms with Gasteiger partial charge in [-0.2, -0.15) is 4.31 Å². The van der Waals surface area contributed by atoms with Crippen LogP contribution in [0, 0.1) is 0 Å². The van der Waals surface area contributed by atoms with Gasteiger partial charge in [0.15, 0.2) is 0 Å². The molecule has 0 atom stereocenters. The third-order valence-electron chi connectivity index (χ3n) is 4.83. The number of rotatable bonds is 5. The van der Waals surface area contributed by atoms with Crippen molar-refractivity contribution < 1.29 is 18.0 Å². The number of anilines is 2. The van der Waals surface area contributed by atoms with Crippen LogP contribution in [0.2, 0.25) is 5.02 Å². The average molecular weight is 450 g/mol. The van der Waals surface area contributed by atoms with Crippen molar-refractivity contribution in [3.63, 3.8) is 0 Å². The molecule has 0 bridgehead atoms. The molecule has 0 aromatic heterocycles. The van der Waals surface area contributed by atoms with E-state index in [1.807, 2.05) is 0 Å². The third kappa shape index (κ3) is 5.38. The Morgan fingerprint density at radius 1 is 0.933 bits per heavy atom. The molecule has 2 aromatic rings. The maximum Gasteiger partial charge on any atom is 0.257 e. The first-order valence-electron chi connectivity index (χ1n) is 9.76. The van der Waals surface area contributed by atoms with Gasteiger partial charge in [-0.15, -0.1) is 0 Å². The third-order valence-corrected chi connectivity index (χ3v) is 7.05. The number of carbonyl (C=O) groups is 2. The Morgan fingerprint density at radius 2 is 1.57 bits per heavy atom. The molecule has 0 unspecified atom stereocenters. The van der Waals surface area contributed by atoms with Gasteiger partial charge in [0.1, 0.15) is 0 Å². The van der Waals surface area contributed by atoms with Crippen molar-refractivity contribution >= 4 is 44.8 Å². The van der Waals surface area contributed by atoms with E-state index in [1.54, 1.807) is 24.3 Å². The van der Waals surface area contributed by atoms with E-state index in [9.17, 15) is 18.0 Å². The van der Waals surface area contributed by atoms with Crippen LogP contribution in [0.4, 0.5) is 11.4 Å². The van der Waals surface area contributed by atoms with E-state index in [1.165, 1.54) is 29.4 Å². The zero-order valence-corrected chi connectivity index (χ0v) is 18.2. The molecule has 1 aliphatic heterocycles. The van der Waals surface area contributed by atoms with E-state index in [0.717, 1.165) is 25.7 Å². The molecule has 0 spiro atoms. The Bertz CT molecular complexity index is 1050. The quantitative estimate of drug-likeness (QED) is 0.717. The summed E-state index contributed by atoms with van der Waals surface area (Å²) in [4.78, 5) is 24.1. The van der Waals surface area contributed by atoms with Crippen molar-refractivity contribution in [2.75, 3.05) is 23.7 Å². The van der Waals surface area contributed by atoms with Gasteiger partial charge in [0, 0.05) is 31.4 Å². The van der Waals surface area contributed by atoms with Gasteiger partial charge in [-0.3, -0.25) is 9.59 Å². The van der Waals surface area contributed by atoms with E-state index in [0.29, 0.717) is 24.5 Å². The summed E-state index contributed by atoms with van der Waals surface area (Å²) < 4.78 is 27.6. The second kappa shape index (κ2) is 9.59. The van der Waals surface area contributed by atoms with Crippen LogP contribution >= 0.6 is 11.6 Å². The molecule has 2 amide bonds. The van der Waals surface area contributed by atoms with Crippen molar-refractivity contribution in [1.82, 2.24) is 4.31 Å². The number of hydrogen-bond donors (Lipinski definition) is 2. The second-order valence-corrected chi connectivity index (χ2v) is 9.52. The van der Waals surface area contributed by atoms with Crippen LogP contribution in [0.15, 0.2) is 47.4 Å². The molecule has 3 rings (SSSR count). The van der Waals surface area contributed by atoms with Crippen molar-refractivity contribution in [2.24, 2.45) is 0 Å². The molecule has 160 valence electrons. The Morgan fingerprint density at radius 3 is 2.20 bits per heavy atom. The topological polar surface area (TPSA) is 95.6 Å². The predicted octanol–water partition coefficient (Wildman–Crippen LogP) is 4.12. The lowest BCUT2D eigenvalue weighted by molar-refractivity contribution is -0.114. The standard InChI is InChI=1S/C21H24ClN3O4S/c1-15(26)23-16-7-6-8-17(13-16)24-21(27)19-14-18(9-10-20(19)22)30(28,29)25-11-4-2-3-5-12-25/h6-10,13-14H,2-5,11-12H2,1H3,(H,23,26)(H,24,27). The molecule has 30 heavy (non-hydrogen) atoms. The van der Waals surface area contributed by atoms with Gasteiger partial charge in [-0.1, -0.05) is 30.5 Å². The highest BCUT2D eigenvalue weighted by atomic mass is 35.5. The van der Waals surface area contributed by atoms with Crippen molar-refractivity contribution in [2.45, 2.75) is 37.5 Å². The normalized spacial score (nSPS) is 15.3. The molecule has 9 heteroatoms. The summed E-state index contributed by atoms with van der Waals surface area (Å²) >= 11 is 6.19. The Hall–Kier alpha value is -2.42. The summed E-state index contributed by atoms with van der Waals surface area (Å²) in [6.45, 7) is 2.34. The number of nitrogens with zero attached hydrogens (tertiary/aromatic N) is 1. The number of amides is 2. The minimum absolute atomic E-state index is 0.0472. The van der Waals surface area contributed by atoms with Gasteiger partial charge in [0.05, 0.1) is 15.5 Å². The molecule has 0 saturated carbocycles. The highest BCUT2D eigenvalue weighted by Crippen LogP contribution is 2.26. The summed E-state index contributed by atoms with van der Waals surface area (Å²) in [6.07, 6.45) is 3.67. The lowest BCUT2D eigenvalue weighted by Crippen LogP contribution is -2.32. The van der Waals surface area contributed by atoms with Crippen LogP contribution in [0.5, 0.6) is 0 Å². The highest BCUT2D eigenvalue weighted by Gasteiger charge is 2.26. The fourth-order valence-electron chi connectivity index (χ4n) is 3.35. The first-order chi connectivity index (χ1) is 14.3. The van der Waals surface area contributed by atoms with Crippen LogP contribution in [-0.2, 0) is 14.8 Å². The van der Waals surface area contributed by atoms with Crippen molar-refractivity contribution in [3.05, 3.63) is 53.1 Å². The molecule has 1 heterocycles. The Kier molecular flexibility index (Phi) is 7.12. The number of carbonyl (C=O) groups excluding carboxylic acids is 2. The first kappa shape index (κ1) is 22.3. The van der Waals surface area contributed by atoms with Crippen LogP contribution in [-0.4, -0.2) is 37.6 Å². The summed E-state index contributed by atoms with van der Waals surface area (Å²) in [5.74, 6) is -0.763. The molecule has 0 aliphatic carbocycles. The summed E-state index contributed by atoms with van der Waals surface area (Å²) in [6, 6.07) is 10.8. The van der Waals surface area contributed by atoms with Gasteiger partial charge in [-0.05, 0) is 49.2 Å². The number of sulfonamides is 1. The van der Waals surface area contributed by atoms with E-state index >= 15 is 0 Å². The van der Waals surface area contributed by atoms with Gasteiger partial charge >= 0.3 is 0 Å². The van der Waals surface area contributed by atoms with Crippen LogP contribution in [0.25, 0.3) is 0 Å². The lowest BCUT2D eigenvalue weighted by atomic mass is 10.2. The zero-order chi connectivity index (χ0) is 21.7. The molecule has 7 nitrogen and oxygen atoms in total. The summed E-state index contributed by atoms with van der Waals surface area (Å²) in [5, 5.41) is 5.49. The van der Waals surface area contributed by atoms with Crippen molar-refractivity contribution in [3.8, 4) is 0 Å². The average Bonchev–Trinajstić information content (AvgIpc) is 2.98. The maximum absolute atomic E-state index is 13.0. The monoisotopic (exact) mass is 449 g/mol. The van der Waals surface area contributed by atoms with Gasteiger partial charge < -0.3 is 10.6 Å². The van der Waals surface area contributed by atoms with Crippen LogP contribution in [0.3, 0.4) is 0 Å². The number of hydrogen-bond acceptors (Lipinski definition) is 4. The summed E-state index contributed by atoms with van der Waals surface area (Å²) in [7, 11) is -3.70. The first-order valence-corrected chi connectivity index (χ1v) is 11.6. The smallest absolute Gasteiger partial charge is 0.257 e. The second-order valence-electron chi connectivity index (χ2n) is 7.18. The molecular formula is C21H24ClN3O4S. The largest absolute Gasteiger partial charge is 0.326 e. The molecule has 1 saturated heterocycles. The summed E-state index contributed by atoms with van der Waals surface area (Å²) in [5.41, 5.74) is 1.05. The molecule has 0 radical (unpaired) electrons. The number of halogens is 1. The van der Waals surface area contributed by atoms with E-state index in [2.05, 4.69) is 10.6 Å². The van der Waals surface area contributed by atoms with Gasteiger partial charge in [0.25, 0.3) is 5.91 Å². The Balaban J connectivity index is 1.84. The SMILES string of the molecule is CC(=O)Nc1cccc(NC(=O)c2cc(S(=O)(=O)N3CCCCCC3)ccc2Cl)c1. The van der Waals surface area contributed by atoms with Gasteiger partial charge in [0.2, 0.25) is 15.9 Å². The molecular weight excluding hydrogens is 426 g/mol. The van der Waals surface area contributed by atoms with Gasteiger partial charge in [-0.25, -0.2) is 8.42 Å². The predicted molar refractivity (Wildman–Crippen MR) is 117 cm³/mol. The van der Waals surface area contributed by atoms with E-state index < -0.39 is 15.9 Å². The molecule has 1 fully saturated rings. The maximum atomic E-state index is 13.0. The van der Waals surface area contributed by atoms with E-state index in [-0.39, 0.29) is 21.4 Å². The fourth-order valence-corrected chi connectivity index (χ4v) is 5.09. The van der Waals surface area contributed by atoms with Crippen LogP contribution < -0.4 is 10.6 Å². The molecule has 2 aromatic carbocycles.